The van der Waals surface area contributed by atoms with E-state index < -0.39 is 121 Å². The highest BCUT2D eigenvalue weighted by Crippen LogP contribution is 2.13. The van der Waals surface area contributed by atoms with Crippen LogP contribution in [0.1, 0.15) is 105 Å². The molecule has 23 heteroatoms. The number of rotatable bonds is 32. The Kier molecular flexibility index (Phi) is 31.0. The summed E-state index contributed by atoms with van der Waals surface area (Å²) in [4.78, 5) is 129. The monoisotopic (exact) mass is 1050 g/mol. The third-order valence-corrected chi connectivity index (χ3v) is 11.6. The van der Waals surface area contributed by atoms with Gasteiger partial charge in [-0.25, -0.2) is 4.79 Å². The van der Waals surface area contributed by atoms with Gasteiger partial charge in [0.05, 0.1) is 19.2 Å². The molecule has 15 N–H and O–H groups in total. The second-order valence-corrected chi connectivity index (χ2v) is 19.3. The average Bonchev–Trinajstić information content (AvgIpc) is 3.35. The maximum absolute atomic E-state index is 13.8. The highest BCUT2D eigenvalue weighted by atomic mass is 16.4. The molecule has 23 nitrogen and oxygen atoms in total. The molecule has 2 aromatic rings. The summed E-state index contributed by atoms with van der Waals surface area (Å²) < 4.78 is 0. The number of aliphatic hydroxyl groups excluding tert-OH is 1. The largest absolute Gasteiger partial charge is 0.481 e. The van der Waals surface area contributed by atoms with Crippen molar-refractivity contribution in [3.8, 4) is 0 Å². The normalized spacial score (nSPS) is 14.5. The Morgan fingerprint density at radius 1 is 0.547 bits per heavy atom. The molecular formula is C52H82N10O13. The number of aliphatic carboxylic acids is 2. The first-order valence-electron chi connectivity index (χ1n) is 25.3. The average molecular weight is 1060 g/mol. The van der Waals surface area contributed by atoms with Gasteiger partial charge in [0, 0.05) is 19.8 Å². The number of carboxylic acid groups (broad SMARTS) is 2. The molecule has 0 bridgehead atoms. The van der Waals surface area contributed by atoms with Gasteiger partial charge < -0.3 is 69.3 Å². The lowest BCUT2D eigenvalue weighted by Gasteiger charge is -2.27. The van der Waals surface area contributed by atoms with Crippen LogP contribution in [0.4, 0.5) is 0 Å². The van der Waals surface area contributed by atoms with Gasteiger partial charge >= 0.3 is 5.97 Å². The molecule has 0 aromatic heterocycles. The van der Waals surface area contributed by atoms with Gasteiger partial charge in [0.25, 0.3) is 5.97 Å². The van der Waals surface area contributed by atoms with Crippen molar-refractivity contribution >= 4 is 59.2 Å². The number of amides is 8. The molecule has 0 aliphatic rings. The van der Waals surface area contributed by atoms with Gasteiger partial charge in [0.1, 0.15) is 42.3 Å². The zero-order valence-electron chi connectivity index (χ0n) is 44.5. The fourth-order valence-corrected chi connectivity index (χ4v) is 7.33. The van der Waals surface area contributed by atoms with Gasteiger partial charge in [-0.3, -0.25) is 43.2 Å². The van der Waals surface area contributed by atoms with Crippen LogP contribution in [-0.2, 0) is 60.8 Å². The highest BCUT2D eigenvalue weighted by Gasteiger charge is 2.34. The number of nitrogens with two attached hydrogens (primary N) is 2. The van der Waals surface area contributed by atoms with Gasteiger partial charge in [-0.05, 0) is 68.0 Å². The van der Waals surface area contributed by atoms with Crippen molar-refractivity contribution in [1.82, 2.24) is 42.5 Å². The van der Waals surface area contributed by atoms with Gasteiger partial charge in [-0.15, -0.1) is 0 Å². The lowest BCUT2D eigenvalue weighted by molar-refractivity contribution is -0.142. The first-order valence-corrected chi connectivity index (χ1v) is 25.3. The number of aliphatic hydroxyl groups is 1. The predicted octanol–water partition coefficient (Wildman–Crippen LogP) is -0.236. The summed E-state index contributed by atoms with van der Waals surface area (Å²) in [5.41, 5.74) is 13.0. The number of benzene rings is 2. The van der Waals surface area contributed by atoms with Crippen molar-refractivity contribution in [2.45, 2.75) is 155 Å². The molecule has 8 amide bonds. The van der Waals surface area contributed by atoms with Gasteiger partial charge in [-0.1, -0.05) is 115 Å². The topological polar surface area (TPSA) is 380 Å². The Balaban J connectivity index is 0.00000677. The zero-order chi connectivity index (χ0) is 56.8. The summed E-state index contributed by atoms with van der Waals surface area (Å²) in [6.07, 6.45) is 2.41. The fraction of sp³-hybridized carbons (Fsp3) is 0.577. The molecule has 0 heterocycles. The van der Waals surface area contributed by atoms with Crippen molar-refractivity contribution in [3.63, 3.8) is 0 Å². The van der Waals surface area contributed by atoms with Crippen LogP contribution in [0.2, 0.25) is 0 Å². The van der Waals surface area contributed by atoms with E-state index in [0.717, 1.165) is 6.92 Å². The first kappa shape index (κ1) is 66.0. The van der Waals surface area contributed by atoms with E-state index in [-0.39, 0.29) is 43.4 Å². The van der Waals surface area contributed by atoms with E-state index in [1.165, 1.54) is 6.92 Å². The Morgan fingerprint density at radius 3 is 1.48 bits per heavy atom. The predicted molar refractivity (Wildman–Crippen MR) is 280 cm³/mol. The summed E-state index contributed by atoms with van der Waals surface area (Å²) >= 11 is 0. The molecule has 0 aliphatic carbocycles. The van der Waals surface area contributed by atoms with Crippen LogP contribution in [-0.4, -0.2) is 143 Å². The number of carbonyl (C=O) groups is 10. The van der Waals surface area contributed by atoms with Gasteiger partial charge in [0.2, 0.25) is 47.3 Å². The third-order valence-electron chi connectivity index (χ3n) is 11.6. The second kappa shape index (κ2) is 35.3. The second-order valence-electron chi connectivity index (χ2n) is 19.3. The van der Waals surface area contributed by atoms with Crippen molar-refractivity contribution < 1.29 is 63.3 Å². The van der Waals surface area contributed by atoms with Crippen LogP contribution in [0.25, 0.3) is 0 Å². The molecule has 0 saturated carbocycles. The molecule has 0 radical (unpaired) electrons. The summed E-state index contributed by atoms with van der Waals surface area (Å²) in [6, 6.07) is 7.83. The highest BCUT2D eigenvalue weighted by molar-refractivity contribution is 5.97. The lowest BCUT2D eigenvalue weighted by Crippen LogP contribution is -2.59. The van der Waals surface area contributed by atoms with E-state index >= 15 is 0 Å². The lowest BCUT2D eigenvalue weighted by atomic mass is 9.96. The standard InChI is InChI=1S/C50H78N10O11.C2H4O2/c1-8-31(6)42(60-44(64)35(52)21-15-16-22-51)49(69)58-37(25-33-17-11-9-12-18-33)45(65)53-27-41(62)55-40(28-61)48(68)57-36(23-29(2)3)46(66)54-32(7)43(63)56-38(26-34-19-13-10-14-20-34)47(67)59-39(50(70)71)24-30(4)5;1-2(3)4/h9-14,17-20,29-32,35-40,42,61H,8,15-16,21-28,51-52H2,1-7H3,(H,53,65)(H,54,66)(H,55,62)(H,56,63)(H,57,68)(H,58,69)(H,59,67)(H,60,64)(H,70,71);1H3,(H,3,4)/t31-,32-,35-,36-,37-,38-,39-,40-,42-;/m0./s1. The van der Waals surface area contributed by atoms with Gasteiger partial charge in [-0.2, -0.15) is 0 Å². The molecule has 75 heavy (non-hydrogen) atoms. The van der Waals surface area contributed by atoms with Crippen LogP contribution in [0.15, 0.2) is 60.7 Å². The molecule has 0 saturated heterocycles. The van der Waals surface area contributed by atoms with Crippen LogP contribution >= 0.6 is 0 Å². The molecule has 418 valence electrons. The molecule has 9 atom stereocenters. The van der Waals surface area contributed by atoms with Crippen LogP contribution < -0.4 is 54.0 Å². The van der Waals surface area contributed by atoms with E-state index in [1.807, 2.05) is 20.8 Å². The Bertz CT molecular complexity index is 2140. The van der Waals surface area contributed by atoms with Crippen molar-refractivity contribution in [2.75, 3.05) is 19.7 Å². The number of hydrogen-bond acceptors (Lipinski definition) is 13. The fourth-order valence-electron chi connectivity index (χ4n) is 7.33. The Hall–Kier alpha value is -6.98. The van der Waals surface area contributed by atoms with Crippen molar-refractivity contribution in [2.24, 2.45) is 29.2 Å². The van der Waals surface area contributed by atoms with E-state index in [1.54, 1.807) is 81.4 Å². The van der Waals surface area contributed by atoms with E-state index in [0.29, 0.717) is 43.4 Å². The SMILES string of the molecule is CC(=O)O.CC[C@H](C)[C@H](NC(=O)[C@@H](N)CCCCN)C(=O)N[C@@H](Cc1ccccc1)C(=O)NCC(=O)N[C@@H](CO)C(=O)N[C@@H](CC(C)C)C(=O)N[C@@H](C)C(=O)N[C@@H](Cc1ccccc1)C(=O)N[C@@H](CC(C)C)C(=O)O. The molecule has 2 rings (SSSR count). The molecule has 0 spiro atoms. The first-order chi connectivity index (χ1) is 35.3. The molecular weight excluding hydrogens is 973 g/mol. The van der Waals surface area contributed by atoms with Crippen molar-refractivity contribution in [1.29, 1.82) is 0 Å². The zero-order valence-corrected chi connectivity index (χ0v) is 44.5. The number of carbonyl (C=O) groups excluding carboxylic acids is 8. The van der Waals surface area contributed by atoms with E-state index in [9.17, 15) is 53.4 Å². The van der Waals surface area contributed by atoms with Gasteiger partial charge in [0.15, 0.2) is 0 Å². The minimum absolute atomic E-state index is 0.00827. The summed E-state index contributed by atoms with van der Waals surface area (Å²) in [5, 5.41) is 47.8. The minimum Gasteiger partial charge on any atom is -0.481 e. The van der Waals surface area contributed by atoms with Crippen LogP contribution in [0, 0.1) is 17.8 Å². The maximum Gasteiger partial charge on any atom is 0.326 e. The third kappa shape index (κ3) is 26.7. The van der Waals surface area contributed by atoms with Crippen LogP contribution in [0.3, 0.4) is 0 Å². The number of unbranched alkanes of at least 4 members (excludes halogenated alkanes) is 1. The van der Waals surface area contributed by atoms with E-state index in [2.05, 4.69) is 42.5 Å². The summed E-state index contributed by atoms with van der Waals surface area (Å²) in [7, 11) is 0. The number of hydrogen-bond donors (Lipinski definition) is 13. The minimum atomic E-state index is -1.59. The van der Waals surface area contributed by atoms with Crippen LogP contribution in [0.5, 0.6) is 0 Å². The molecule has 0 aliphatic heterocycles. The molecule has 0 fully saturated rings. The number of carboxylic acids is 2. The van der Waals surface area contributed by atoms with Crippen molar-refractivity contribution in [3.05, 3.63) is 71.8 Å². The smallest absolute Gasteiger partial charge is 0.326 e. The molecule has 2 aromatic carbocycles. The quantitative estimate of drug-likeness (QED) is 0.0421. The number of nitrogens with one attached hydrogen (secondary N) is 8. The maximum atomic E-state index is 13.8. The molecule has 0 unspecified atom stereocenters. The Morgan fingerprint density at radius 2 is 1.00 bits per heavy atom. The summed E-state index contributed by atoms with van der Waals surface area (Å²) in [6.45, 7) is 12.1. The Labute approximate surface area is 439 Å². The van der Waals surface area contributed by atoms with E-state index in [4.69, 9.17) is 21.4 Å². The summed E-state index contributed by atoms with van der Waals surface area (Å²) in [5.74, 6) is -8.73.